The van der Waals surface area contributed by atoms with E-state index >= 15 is 0 Å². The third-order valence-electron chi connectivity index (χ3n) is 3.88. The van der Waals surface area contributed by atoms with Gasteiger partial charge in [0.25, 0.3) is 0 Å². The third kappa shape index (κ3) is 3.89. The second kappa shape index (κ2) is 7.40. The Balaban J connectivity index is 1.61. The Kier molecular flexibility index (Phi) is 5.05. The molecule has 1 aromatic carbocycles. The third-order valence-corrected chi connectivity index (χ3v) is 3.88. The molecule has 3 aromatic rings. The Morgan fingerprint density at radius 3 is 2.79 bits per heavy atom. The number of benzene rings is 1. The zero-order valence-electron chi connectivity index (χ0n) is 13.8. The van der Waals surface area contributed by atoms with E-state index in [0.717, 1.165) is 12.2 Å². The maximum Gasteiger partial charge on any atom is 0.227 e. The van der Waals surface area contributed by atoms with Gasteiger partial charge < -0.3 is 14.3 Å². The van der Waals surface area contributed by atoms with Crippen molar-refractivity contribution in [2.75, 3.05) is 7.05 Å². The fourth-order valence-corrected chi connectivity index (χ4v) is 2.40. The molecular formula is C18H20FN3O2. The van der Waals surface area contributed by atoms with Crippen LogP contribution in [0.15, 0.2) is 45.3 Å². The van der Waals surface area contributed by atoms with Crippen LogP contribution < -0.4 is 5.32 Å². The Labute approximate surface area is 139 Å². The minimum absolute atomic E-state index is 0.293. The first-order valence-electron chi connectivity index (χ1n) is 7.98. The molecule has 2 aromatic heterocycles. The van der Waals surface area contributed by atoms with E-state index in [-0.39, 0.29) is 5.82 Å². The highest BCUT2D eigenvalue weighted by molar-refractivity contribution is 5.58. The Hall–Kier alpha value is -2.47. The second-order valence-corrected chi connectivity index (χ2v) is 5.74. The lowest BCUT2D eigenvalue weighted by atomic mass is 10.1. The van der Waals surface area contributed by atoms with Gasteiger partial charge in [0, 0.05) is 25.3 Å². The van der Waals surface area contributed by atoms with Crippen molar-refractivity contribution in [3.8, 4) is 11.3 Å². The van der Waals surface area contributed by atoms with Gasteiger partial charge in [-0.1, -0.05) is 17.3 Å². The smallest absolute Gasteiger partial charge is 0.227 e. The first-order chi connectivity index (χ1) is 11.7. The summed E-state index contributed by atoms with van der Waals surface area (Å²) in [6, 6.07) is 10.5. The monoisotopic (exact) mass is 329 g/mol. The highest BCUT2D eigenvalue weighted by atomic mass is 19.1. The molecule has 0 radical (unpaired) electrons. The minimum atomic E-state index is -0.293. The molecule has 0 aliphatic carbocycles. The number of aryl methyl sites for hydroxylation is 2. The van der Waals surface area contributed by atoms with Crippen molar-refractivity contribution >= 4 is 0 Å². The van der Waals surface area contributed by atoms with E-state index in [9.17, 15) is 4.39 Å². The van der Waals surface area contributed by atoms with Crippen molar-refractivity contribution < 1.29 is 13.3 Å². The maximum atomic E-state index is 13.8. The van der Waals surface area contributed by atoms with Crippen LogP contribution in [0.3, 0.4) is 0 Å². The van der Waals surface area contributed by atoms with Crippen LogP contribution in [0.1, 0.15) is 24.4 Å². The summed E-state index contributed by atoms with van der Waals surface area (Å²) in [6.45, 7) is 2.06. The molecule has 0 bridgehead atoms. The average molecular weight is 329 g/mol. The Bertz CT molecular complexity index is 797. The number of furan rings is 1. The van der Waals surface area contributed by atoms with Gasteiger partial charge in [-0.25, -0.2) is 4.39 Å². The van der Waals surface area contributed by atoms with Crippen molar-refractivity contribution in [2.45, 2.75) is 32.2 Å². The van der Waals surface area contributed by atoms with Crippen molar-refractivity contribution in [1.82, 2.24) is 15.5 Å². The summed E-state index contributed by atoms with van der Waals surface area (Å²) in [5.41, 5.74) is 0.463. The summed E-state index contributed by atoms with van der Waals surface area (Å²) in [4.78, 5) is 4.37. The Morgan fingerprint density at radius 1 is 1.17 bits per heavy atom. The van der Waals surface area contributed by atoms with Crippen molar-refractivity contribution in [1.29, 1.82) is 0 Å². The summed E-state index contributed by atoms with van der Waals surface area (Å²) in [6.07, 6.45) is 1.93. The van der Waals surface area contributed by atoms with Gasteiger partial charge in [-0.3, -0.25) is 0 Å². The fourth-order valence-electron chi connectivity index (χ4n) is 2.40. The van der Waals surface area contributed by atoms with Gasteiger partial charge in [-0.05, 0) is 38.2 Å². The number of hydrogen-bond donors (Lipinski definition) is 1. The zero-order chi connectivity index (χ0) is 16.9. The lowest BCUT2D eigenvalue weighted by molar-refractivity contribution is 0.367. The number of aromatic nitrogens is 2. The second-order valence-electron chi connectivity index (χ2n) is 5.74. The zero-order valence-corrected chi connectivity index (χ0v) is 13.8. The molecule has 0 spiro atoms. The molecule has 0 saturated heterocycles. The van der Waals surface area contributed by atoms with Crippen molar-refractivity contribution in [2.24, 2.45) is 0 Å². The molecule has 1 N–H and O–H groups in total. The number of rotatable bonds is 7. The van der Waals surface area contributed by atoms with Gasteiger partial charge in [-0.2, -0.15) is 4.98 Å². The molecule has 0 aliphatic heterocycles. The lowest BCUT2D eigenvalue weighted by Gasteiger charge is -2.04. The van der Waals surface area contributed by atoms with Crippen molar-refractivity contribution in [3.05, 3.63) is 59.7 Å². The van der Waals surface area contributed by atoms with Gasteiger partial charge in [-0.15, -0.1) is 0 Å². The van der Waals surface area contributed by atoms with E-state index in [0.29, 0.717) is 41.9 Å². The van der Waals surface area contributed by atoms with Crippen LogP contribution in [0.4, 0.5) is 4.39 Å². The van der Waals surface area contributed by atoms with Gasteiger partial charge in [0.2, 0.25) is 5.89 Å². The van der Waals surface area contributed by atoms with Gasteiger partial charge >= 0.3 is 0 Å². The first-order valence-corrected chi connectivity index (χ1v) is 7.98. The van der Waals surface area contributed by atoms with E-state index in [4.69, 9.17) is 8.94 Å². The van der Waals surface area contributed by atoms with Crippen LogP contribution in [0.5, 0.6) is 0 Å². The molecule has 126 valence electrons. The summed E-state index contributed by atoms with van der Waals surface area (Å²) < 4.78 is 24.7. The Morgan fingerprint density at radius 2 is 2.00 bits per heavy atom. The molecule has 0 amide bonds. The summed E-state index contributed by atoms with van der Waals surface area (Å²) in [5.74, 6) is 2.27. The molecule has 5 nitrogen and oxygen atoms in total. The van der Waals surface area contributed by atoms with E-state index in [1.165, 1.54) is 6.07 Å². The van der Waals surface area contributed by atoms with Gasteiger partial charge in [0.05, 0.1) is 5.56 Å². The number of halogens is 1. The topological polar surface area (TPSA) is 64.1 Å². The number of nitrogens with zero attached hydrogens (tertiary/aromatic N) is 2. The summed E-state index contributed by atoms with van der Waals surface area (Å²) in [7, 11) is 1.90. The normalized spacial score (nSPS) is 12.5. The predicted molar refractivity (Wildman–Crippen MR) is 88.0 cm³/mol. The molecule has 0 fully saturated rings. The molecule has 1 atom stereocenters. The number of hydrogen-bond acceptors (Lipinski definition) is 5. The highest BCUT2D eigenvalue weighted by Crippen LogP contribution is 2.25. The van der Waals surface area contributed by atoms with Crippen LogP contribution in [-0.4, -0.2) is 23.2 Å². The molecule has 6 heteroatoms. The number of likely N-dealkylation sites (N-methyl/N-ethyl adjacent to an activating group) is 1. The minimum Gasteiger partial charge on any atom is -0.461 e. The van der Waals surface area contributed by atoms with Crippen LogP contribution in [0.25, 0.3) is 11.3 Å². The summed E-state index contributed by atoms with van der Waals surface area (Å²) in [5, 5.41) is 7.11. The van der Waals surface area contributed by atoms with Crippen LogP contribution in [-0.2, 0) is 19.3 Å². The van der Waals surface area contributed by atoms with E-state index in [2.05, 4.69) is 22.4 Å². The summed E-state index contributed by atoms with van der Waals surface area (Å²) >= 11 is 0. The molecule has 1 unspecified atom stereocenters. The first kappa shape index (κ1) is 16.4. The molecular weight excluding hydrogens is 309 g/mol. The van der Waals surface area contributed by atoms with E-state index in [1.54, 1.807) is 24.3 Å². The van der Waals surface area contributed by atoms with Crippen LogP contribution in [0, 0.1) is 5.82 Å². The van der Waals surface area contributed by atoms with Crippen LogP contribution >= 0.6 is 0 Å². The number of nitrogens with one attached hydrogen (secondary N) is 1. The van der Waals surface area contributed by atoms with E-state index < -0.39 is 0 Å². The molecule has 24 heavy (non-hydrogen) atoms. The molecule has 3 rings (SSSR count). The SMILES string of the molecule is CNC(C)Cc1noc(CCc2ccc(-c3ccccc3F)o2)n1. The standard InChI is InChI=1S/C18H20FN3O2/c1-12(20-2)11-17-21-18(24-22-17)10-8-13-7-9-16(23-13)14-5-3-4-6-15(14)19/h3-7,9,12,20H,8,10-11H2,1-2H3. The van der Waals surface area contributed by atoms with E-state index in [1.807, 2.05) is 13.1 Å². The largest absolute Gasteiger partial charge is 0.461 e. The average Bonchev–Trinajstić information content (AvgIpc) is 3.22. The van der Waals surface area contributed by atoms with Crippen LogP contribution in [0.2, 0.25) is 0 Å². The molecule has 0 saturated carbocycles. The lowest BCUT2D eigenvalue weighted by Crippen LogP contribution is -2.24. The van der Waals surface area contributed by atoms with Gasteiger partial charge in [0.15, 0.2) is 5.82 Å². The molecule has 2 heterocycles. The van der Waals surface area contributed by atoms with Crippen molar-refractivity contribution in [3.63, 3.8) is 0 Å². The predicted octanol–water partition coefficient (Wildman–Crippen LogP) is 3.40. The quantitative estimate of drug-likeness (QED) is 0.720. The fraction of sp³-hybridized carbons (Fsp3) is 0.333. The maximum absolute atomic E-state index is 13.8. The van der Waals surface area contributed by atoms with Gasteiger partial charge in [0.1, 0.15) is 17.3 Å². The molecule has 0 aliphatic rings. The highest BCUT2D eigenvalue weighted by Gasteiger charge is 2.12.